The lowest BCUT2D eigenvalue weighted by Crippen LogP contribution is -2.60. The van der Waals surface area contributed by atoms with Gasteiger partial charge in [-0.15, -0.1) is 0 Å². The maximum Gasteiger partial charge on any atom is 0.288 e. The van der Waals surface area contributed by atoms with Gasteiger partial charge >= 0.3 is 0 Å². The Morgan fingerprint density at radius 3 is 2.43 bits per heavy atom. The SMILES string of the molecule is CCN1C=CC(O[Cl+3]([O-])([O-])[O-])=CC1c1cc[n+](CC)cc1. The Balaban J connectivity index is 2.26. The van der Waals surface area contributed by atoms with Crippen LogP contribution in [0.15, 0.2) is 48.6 Å². The number of nitrogens with zero attached hydrogens (tertiary/aromatic N) is 2. The molecule has 1 unspecified atom stereocenters. The number of aryl methyl sites for hydroxylation is 1. The Hall–Kier alpha value is -1.60. The Bertz CT molecular complexity index is 537. The molecule has 0 amide bonds. The first-order valence-corrected chi connectivity index (χ1v) is 7.91. The highest BCUT2D eigenvalue weighted by Crippen LogP contribution is 2.28. The van der Waals surface area contributed by atoms with Gasteiger partial charge < -0.3 is 4.90 Å². The van der Waals surface area contributed by atoms with E-state index in [0.29, 0.717) is 0 Å². The monoisotopic (exact) mass is 313 g/mol. The van der Waals surface area contributed by atoms with Gasteiger partial charge in [0.1, 0.15) is 16.8 Å². The van der Waals surface area contributed by atoms with Gasteiger partial charge in [-0.05, 0) is 19.4 Å². The first-order chi connectivity index (χ1) is 9.93. The van der Waals surface area contributed by atoms with Crippen LogP contribution in [-0.4, -0.2) is 11.4 Å². The van der Waals surface area contributed by atoms with Crippen molar-refractivity contribution < 1.29 is 33.1 Å². The molecule has 0 fully saturated rings. The minimum Gasteiger partial charge on any atom is -0.367 e. The normalized spacial score (nSPS) is 18.6. The predicted octanol–water partition coefficient (Wildman–Crippen LogP) is -1.32. The summed E-state index contributed by atoms with van der Waals surface area (Å²) in [6.07, 6.45) is 8.73. The van der Waals surface area contributed by atoms with Crippen molar-refractivity contribution in [3.8, 4) is 0 Å². The molecule has 1 aromatic rings. The van der Waals surface area contributed by atoms with Crippen LogP contribution in [0.3, 0.4) is 0 Å². The van der Waals surface area contributed by atoms with Crippen molar-refractivity contribution in [1.29, 1.82) is 0 Å². The van der Waals surface area contributed by atoms with Crippen LogP contribution in [0.2, 0.25) is 0 Å². The van der Waals surface area contributed by atoms with Crippen molar-refractivity contribution in [2.24, 2.45) is 0 Å². The molecule has 0 radical (unpaired) electrons. The molecule has 7 heteroatoms. The minimum atomic E-state index is -4.48. The second-order valence-corrected chi connectivity index (χ2v) is 5.49. The molecule has 0 saturated carbocycles. The van der Waals surface area contributed by atoms with Crippen LogP contribution in [0.5, 0.6) is 0 Å². The van der Waals surface area contributed by atoms with E-state index < -0.39 is 10.2 Å². The third-order valence-electron chi connectivity index (χ3n) is 3.28. The number of hydrogen-bond acceptors (Lipinski definition) is 5. The molecule has 2 heterocycles. The highest BCUT2D eigenvalue weighted by Gasteiger charge is 2.27. The zero-order valence-corrected chi connectivity index (χ0v) is 12.7. The highest BCUT2D eigenvalue weighted by molar-refractivity contribution is 5.28. The van der Waals surface area contributed by atoms with E-state index in [0.717, 1.165) is 18.7 Å². The molecule has 0 spiro atoms. The number of rotatable bonds is 5. The number of pyridine rings is 1. The van der Waals surface area contributed by atoms with Crippen molar-refractivity contribution in [3.63, 3.8) is 0 Å². The summed E-state index contributed by atoms with van der Waals surface area (Å²) in [5, 5.41) is 0. The maximum atomic E-state index is 10.7. The lowest BCUT2D eigenvalue weighted by molar-refractivity contribution is -1.92. The predicted molar refractivity (Wildman–Crippen MR) is 65.7 cm³/mol. The lowest BCUT2D eigenvalue weighted by atomic mass is 10.0. The summed E-state index contributed by atoms with van der Waals surface area (Å²) >= 11 is 0. The molecule has 1 aromatic heterocycles. The van der Waals surface area contributed by atoms with Crippen LogP contribution in [-0.2, 0) is 10.8 Å². The summed E-state index contributed by atoms with van der Waals surface area (Å²) in [5.41, 5.74) is 0.993. The molecule has 114 valence electrons. The second-order valence-electron chi connectivity index (χ2n) is 4.58. The summed E-state index contributed by atoms with van der Waals surface area (Å²) in [6.45, 7) is 5.66. The van der Waals surface area contributed by atoms with Gasteiger partial charge in [0.25, 0.3) is 5.76 Å². The molecule has 2 rings (SSSR count). The summed E-state index contributed by atoms with van der Waals surface area (Å²) in [6, 6.07) is 3.76. The number of aromatic nitrogens is 1. The highest BCUT2D eigenvalue weighted by atomic mass is 35.7. The van der Waals surface area contributed by atoms with E-state index >= 15 is 0 Å². The Labute approximate surface area is 125 Å². The van der Waals surface area contributed by atoms with E-state index in [1.165, 1.54) is 6.08 Å². The molecule has 0 saturated heterocycles. The molecule has 0 aromatic carbocycles. The summed E-state index contributed by atoms with van der Waals surface area (Å²) < 4.78 is 38.5. The van der Waals surface area contributed by atoms with E-state index in [2.05, 4.69) is 4.29 Å². The lowest BCUT2D eigenvalue weighted by Gasteiger charge is -2.29. The third-order valence-corrected chi connectivity index (χ3v) is 3.65. The van der Waals surface area contributed by atoms with Gasteiger partial charge in [-0.25, -0.2) is 4.57 Å². The Morgan fingerprint density at radius 2 is 1.90 bits per heavy atom. The number of likely N-dealkylation sites (N-methyl/N-ethyl adjacent to an activating group) is 1. The third kappa shape index (κ3) is 4.18. The van der Waals surface area contributed by atoms with Crippen LogP contribution in [0.1, 0.15) is 25.5 Å². The van der Waals surface area contributed by atoms with Crippen LogP contribution in [0.4, 0.5) is 0 Å². The minimum absolute atomic E-state index is 0.0357. The average molecular weight is 314 g/mol. The second kappa shape index (κ2) is 6.44. The van der Waals surface area contributed by atoms with Gasteiger partial charge in [-0.1, -0.05) is 4.29 Å². The molecule has 0 bridgehead atoms. The van der Waals surface area contributed by atoms with Gasteiger partial charge in [0.15, 0.2) is 12.4 Å². The molecular formula is C14H18ClN2O4+. The quantitative estimate of drug-likeness (QED) is 0.630. The molecule has 0 N–H and O–H groups in total. The molecule has 0 aliphatic carbocycles. The van der Waals surface area contributed by atoms with Gasteiger partial charge in [0.05, 0.1) is 6.04 Å². The summed E-state index contributed by atoms with van der Waals surface area (Å²) in [5.74, 6) is 0.0357. The van der Waals surface area contributed by atoms with Crippen LogP contribution in [0.25, 0.3) is 0 Å². The van der Waals surface area contributed by atoms with Gasteiger partial charge in [0.2, 0.25) is 0 Å². The zero-order valence-electron chi connectivity index (χ0n) is 11.9. The van der Waals surface area contributed by atoms with Gasteiger partial charge in [-0.3, -0.25) is 0 Å². The first kappa shape index (κ1) is 15.8. The molecule has 1 aliphatic heterocycles. The van der Waals surface area contributed by atoms with Crippen molar-refractivity contribution >= 4 is 0 Å². The molecule has 1 atom stereocenters. The van der Waals surface area contributed by atoms with E-state index in [1.54, 1.807) is 12.3 Å². The topological polar surface area (TPSA) is 85.5 Å². The molecular weight excluding hydrogens is 296 g/mol. The molecule has 1 aliphatic rings. The molecule has 21 heavy (non-hydrogen) atoms. The fraction of sp³-hybridized carbons (Fsp3) is 0.357. The Kier molecular flexibility index (Phi) is 4.84. The first-order valence-electron chi connectivity index (χ1n) is 6.68. The van der Waals surface area contributed by atoms with Crippen molar-refractivity contribution in [2.45, 2.75) is 26.4 Å². The smallest absolute Gasteiger partial charge is 0.288 e. The van der Waals surface area contributed by atoms with Gasteiger partial charge in [0, 0.05) is 37.0 Å². The van der Waals surface area contributed by atoms with Gasteiger partial charge in [-0.2, -0.15) is 14.0 Å². The van der Waals surface area contributed by atoms with Crippen LogP contribution < -0.4 is 18.5 Å². The largest absolute Gasteiger partial charge is 0.367 e. The number of allylic oxidation sites excluding steroid dienone is 1. The van der Waals surface area contributed by atoms with E-state index in [9.17, 15) is 14.0 Å². The number of hydrogen-bond donors (Lipinski definition) is 0. The van der Waals surface area contributed by atoms with Crippen molar-refractivity contribution in [3.05, 3.63) is 54.2 Å². The Morgan fingerprint density at radius 1 is 1.24 bits per heavy atom. The van der Waals surface area contributed by atoms with Crippen molar-refractivity contribution in [2.75, 3.05) is 6.54 Å². The number of halogens is 1. The zero-order chi connectivity index (χ0) is 15.5. The van der Waals surface area contributed by atoms with Crippen LogP contribution in [0, 0.1) is 10.2 Å². The van der Waals surface area contributed by atoms with E-state index in [1.807, 2.05) is 47.8 Å². The van der Waals surface area contributed by atoms with Crippen LogP contribution >= 0.6 is 0 Å². The molecule has 6 nitrogen and oxygen atoms in total. The fourth-order valence-corrected chi connectivity index (χ4v) is 2.52. The standard InChI is InChI=1S/C14H18ClN2O4/c1-3-16-8-5-12(6-9-16)14-11-13(21-15(18,19)20)7-10-17(14)4-2/h5-11,14H,3-4H2,1-2H3/q+1. The van der Waals surface area contributed by atoms with E-state index in [-0.39, 0.29) is 11.8 Å². The maximum absolute atomic E-state index is 10.7. The van der Waals surface area contributed by atoms with E-state index in [4.69, 9.17) is 0 Å². The van der Waals surface area contributed by atoms with Crippen molar-refractivity contribution in [1.82, 2.24) is 4.90 Å². The fourth-order valence-electron chi connectivity index (χ4n) is 2.20. The average Bonchev–Trinajstić information content (AvgIpc) is 2.45. The summed E-state index contributed by atoms with van der Waals surface area (Å²) in [4.78, 5) is 2.02. The summed E-state index contributed by atoms with van der Waals surface area (Å²) in [7, 11) is -4.48.